The molecule has 0 fully saturated rings. The van der Waals surface area contributed by atoms with Gasteiger partial charge in [0.2, 0.25) is 15.9 Å². The van der Waals surface area contributed by atoms with Crippen molar-refractivity contribution in [3.63, 3.8) is 0 Å². The van der Waals surface area contributed by atoms with Crippen molar-refractivity contribution in [2.24, 2.45) is 5.14 Å². The zero-order valence-corrected chi connectivity index (χ0v) is 14.8. The molecule has 2 aromatic rings. The van der Waals surface area contributed by atoms with Gasteiger partial charge in [-0.25, -0.2) is 13.6 Å². The molecule has 6 nitrogen and oxygen atoms in total. The first-order valence-corrected chi connectivity index (χ1v) is 9.61. The molecule has 3 N–H and O–H groups in total. The summed E-state index contributed by atoms with van der Waals surface area (Å²) in [4.78, 5) is 14.3. The van der Waals surface area contributed by atoms with Crippen LogP contribution in [0, 0.1) is 6.92 Å². The van der Waals surface area contributed by atoms with Crippen molar-refractivity contribution in [3.8, 4) is 0 Å². The summed E-state index contributed by atoms with van der Waals surface area (Å²) in [6, 6.07) is 12.7. The van der Waals surface area contributed by atoms with Gasteiger partial charge >= 0.3 is 0 Å². The number of fused-ring (bicyclic) bond motifs is 1. The number of benzene rings is 2. The van der Waals surface area contributed by atoms with Gasteiger partial charge in [-0.3, -0.25) is 4.79 Å². The molecule has 0 aromatic heterocycles. The zero-order chi connectivity index (χ0) is 18.0. The molecule has 0 aliphatic carbocycles. The Labute approximate surface area is 147 Å². The average Bonchev–Trinajstić information content (AvgIpc) is 2.95. The third kappa shape index (κ3) is 4.00. The van der Waals surface area contributed by atoms with Gasteiger partial charge < -0.3 is 10.2 Å². The molecular weight excluding hydrogens is 338 g/mol. The number of carbonyl (C=O) groups excluding carboxylic acids is 1. The Morgan fingerprint density at radius 2 is 2.00 bits per heavy atom. The highest BCUT2D eigenvalue weighted by molar-refractivity contribution is 7.89. The quantitative estimate of drug-likeness (QED) is 0.842. The number of aryl methyl sites for hydroxylation is 1. The van der Waals surface area contributed by atoms with Crippen LogP contribution < -0.4 is 15.4 Å². The first kappa shape index (κ1) is 17.4. The first-order valence-electron chi connectivity index (χ1n) is 8.06. The predicted octanol–water partition coefficient (Wildman–Crippen LogP) is 1.32. The molecule has 3 rings (SSSR count). The molecule has 2 aromatic carbocycles. The zero-order valence-electron chi connectivity index (χ0n) is 14.0. The topological polar surface area (TPSA) is 92.5 Å². The van der Waals surface area contributed by atoms with Crippen LogP contribution in [0.5, 0.6) is 0 Å². The fourth-order valence-corrected chi connectivity index (χ4v) is 3.58. The van der Waals surface area contributed by atoms with Gasteiger partial charge in [0, 0.05) is 18.8 Å². The van der Waals surface area contributed by atoms with Gasteiger partial charge in [0.05, 0.1) is 11.4 Å². The van der Waals surface area contributed by atoms with Gasteiger partial charge in [-0.05, 0) is 48.2 Å². The van der Waals surface area contributed by atoms with Gasteiger partial charge in [0.1, 0.15) is 0 Å². The second-order valence-corrected chi connectivity index (χ2v) is 7.77. The highest BCUT2D eigenvalue weighted by atomic mass is 32.2. The molecule has 0 saturated heterocycles. The summed E-state index contributed by atoms with van der Waals surface area (Å²) in [5, 5.41) is 8.10. The molecule has 1 amide bonds. The fraction of sp³-hybridized carbons (Fsp3) is 0.278. The van der Waals surface area contributed by atoms with E-state index in [1.807, 2.05) is 36.1 Å². The van der Waals surface area contributed by atoms with E-state index < -0.39 is 10.0 Å². The van der Waals surface area contributed by atoms with E-state index >= 15 is 0 Å². The standard InChI is InChI=1S/C18H21N3O3S/c1-13-4-2-3-5-15(13)11-20-18(22)12-21-9-8-14-10-16(25(19,23)24)6-7-17(14)21/h2-7,10H,8-9,11-12H2,1H3,(H,20,22)(H2,19,23,24). The van der Waals surface area contributed by atoms with Crippen molar-refractivity contribution in [1.29, 1.82) is 0 Å². The van der Waals surface area contributed by atoms with E-state index in [9.17, 15) is 13.2 Å². The molecule has 0 atom stereocenters. The van der Waals surface area contributed by atoms with Crippen LogP contribution in [0.1, 0.15) is 16.7 Å². The minimum absolute atomic E-state index is 0.0633. The van der Waals surface area contributed by atoms with E-state index in [1.54, 1.807) is 12.1 Å². The summed E-state index contributed by atoms with van der Waals surface area (Å²) < 4.78 is 22.9. The molecule has 132 valence electrons. The maximum Gasteiger partial charge on any atom is 0.239 e. The number of carbonyl (C=O) groups is 1. The van der Waals surface area contributed by atoms with Gasteiger partial charge in [-0.2, -0.15) is 0 Å². The molecule has 0 radical (unpaired) electrons. The summed E-state index contributed by atoms with van der Waals surface area (Å²) >= 11 is 0. The van der Waals surface area contributed by atoms with E-state index in [0.29, 0.717) is 19.5 Å². The molecule has 0 bridgehead atoms. The van der Waals surface area contributed by atoms with E-state index in [4.69, 9.17) is 5.14 Å². The molecule has 1 aliphatic heterocycles. The minimum Gasteiger partial charge on any atom is -0.362 e. The van der Waals surface area contributed by atoms with Gasteiger partial charge in [-0.15, -0.1) is 0 Å². The number of anilines is 1. The number of hydrogen-bond donors (Lipinski definition) is 2. The molecule has 0 spiro atoms. The van der Waals surface area contributed by atoms with Gasteiger partial charge in [0.15, 0.2) is 0 Å². The molecule has 0 unspecified atom stereocenters. The summed E-state index contributed by atoms with van der Waals surface area (Å²) in [5.41, 5.74) is 4.02. The Hall–Kier alpha value is -2.38. The second-order valence-electron chi connectivity index (χ2n) is 6.21. The molecule has 0 saturated carbocycles. The third-order valence-corrected chi connectivity index (χ3v) is 5.35. The number of hydrogen-bond acceptors (Lipinski definition) is 4. The fourth-order valence-electron chi connectivity index (χ4n) is 3.02. The minimum atomic E-state index is -3.71. The van der Waals surface area contributed by atoms with Crippen molar-refractivity contribution in [3.05, 3.63) is 59.2 Å². The molecule has 1 aliphatic rings. The van der Waals surface area contributed by atoms with E-state index in [0.717, 1.165) is 22.4 Å². The Kier molecular flexibility index (Phi) is 4.78. The summed E-state index contributed by atoms with van der Waals surface area (Å²) in [6.07, 6.45) is 0.698. The van der Waals surface area contributed by atoms with Crippen LogP contribution in [-0.2, 0) is 27.8 Å². The van der Waals surface area contributed by atoms with E-state index in [-0.39, 0.29) is 17.3 Å². The monoisotopic (exact) mass is 359 g/mol. The van der Waals surface area contributed by atoms with E-state index in [1.165, 1.54) is 6.07 Å². The van der Waals surface area contributed by atoms with Gasteiger partial charge in [-0.1, -0.05) is 24.3 Å². The number of primary sulfonamides is 1. The first-order chi connectivity index (χ1) is 11.8. The lowest BCUT2D eigenvalue weighted by molar-refractivity contribution is -0.119. The lowest BCUT2D eigenvalue weighted by Gasteiger charge is -2.19. The number of sulfonamides is 1. The summed E-state index contributed by atoms with van der Waals surface area (Å²) in [6.45, 7) is 3.44. The van der Waals surface area contributed by atoms with Crippen LogP contribution in [0.15, 0.2) is 47.4 Å². The van der Waals surface area contributed by atoms with Crippen molar-refractivity contribution < 1.29 is 13.2 Å². The van der Waals surface area contributed by atoms with Crippen molar-refractivity contribution in [1.82, 2.24) is 5.32 Å². The maximum atomic E-state index is 12.3. The van der Waals surface area contributed by atoms with Crippen molar-refractivity contribution >= 4 is 21.6 Å². The Morgan fingerprint density at radius 3 is 2.72 bits per heavy atom. The highest BCUT2D eigenvalue weighted by Gasteiger charge is 2.23. The van der Waals surface area contributed by atoms with Gasteiger partial charge in [0.25, 0.3) is 0 Å². The SMILES string of the molecule is Cc1ccccc1CNC(=O)CN1CCc2cc(S(N)(=O)=O)ccc21. The molecule has 1 heterocycles. The van der Waals surface area contributed by atoms with Crippen LogP contribution in [-0.4, -0.2) is 27.4 Å². The number of nitrogens with one attached hydrogen (secondary N) is 1. The Bertz CT molecular complexity index is 910. The summed E-state index contributed by atoms with van der Waals surface area (Å²) in [5.74, 6) is -0.0633. The van der Waals surface area contributed by atoms with Crippen LogP contribution in [0.2, 0.25) is 0 Å². The highest BCUT2D eigenvalue weighted by Crippen LogP contribution is 2.29. The Morgan fingerprint density at radius 1 is 1.24 bits per heavy atom. The van der Waals surface area contributed by atoms with Crippen molar-refractivity contribution in [2.45, 2.75) is 24.8 Å². The number of rotatable bonds is 5. The van der Waals surface area contributed by atoms with Crippen LogP contribution >= 0.6 is 0 Å². The van der Waals surface area contributed by atoms with Crippen LogP contribution in [0.3, 0.4) is 0 Å². The second kappa shape index (κ2) is 6.85. The van der Waals surface area contributed by atoms with Crippen molar-refractivity contribution in [2.75, 3.05) is 18.0 Å². The maximum absolute atomic E-state index is 12.3. The number of nitrogens with zero attached hydrogens (tertiary/aromatic N) is 1. The number of nitrogens with two attached hydrogens (primary N) is 1. The molecular formula is C18H21N3O3S. The molecule has 7 heteroatoms. The average molecular weight is 359 g/mol. The lowest BCUT2D eigenvalue weighted by Crippen LogP contribution is -2.36. The summed E-state index contributed by atoms with van der Waals surface area (Å²) in [7, 11) is -3.71. The molecule has 25 heavy (non-hydrogen) atoms. The normalized spacial score (nSPS) is 13.6. The lowest BCUT2D eigenvalue weighted by atomic mass is 10.1. The predicted molar refractivity (Wildman–Crippen MR) is 96.8 cm³/mol. The van der Waals surface area contributed by atoms with E-state index in [2.05, 4.69) is 5.32 Å². The largest absolute Gasteiger partial charge is 0.362 e. The van der Waals surface area contributed by atoms with Crippen LogP contribution in [0.4, 0.5) is 5.69 Å². The Balaban J connectivity index is 1.64. The van der Waals surface area contributed by atoms with Crippen LogP contribution in [0.25, 0.3) is 0 Å². The smallest absolute Gasteiger partial charge is 0.239 e. The third-order valence-electron chi connectivity index (χ3n) is 4.44. The number of amides is 1.